The molecule has 0 aromatic heterocycles. The Hall–Kier alpha value is -2.90. The molecule has 0 atom stereocenters. The number of imide groups is 1. The van der Waals surface area contributed by atoms with Gasteiger partial charge < -0.3 is 15.0 Å². The zero-order chi connectivity index (χ0) is 24.9. The normalized spacial score (nSPS) is 18.1. The first-order valence-corrected chi connectivity index (χ1v) is 12.8. The van der Waals surface area contributed by atoms with Crippen molar-refractivity contribution in [1.29, 1.82) is 0 Å². The Balaban J connectivity index is 1.63. The van der Waals surface area contributed by atoms with E-state index >= 15 is 0 Å². The third-order valence-corrected chi connectivity index (χ3v) is 6.81. The number of piperazine rings is 1. The summed E-state index contributed by atoms with van der Waals surface area (Å²) in [5, 5.41) is 3.25. The molecule has 2 aliphatic rings. The first kappa shape index (κ1) is 25.2. The van der Waals surface area contributed by atoms with Crippen LogP contribution < -0.4 is 14.7 Å². The number of carbonyl (C=O) groups excluding carboxylic acids is 2. The van der Waals surface area contributed by atoms with Crippen molar-refractivity contribution in [2.24, 2.45) is 0 Å². The summed E-state index contributed by atoms with van der Waals surface area (Å²) in [6.07, 6.45) is 3.01. The highest BCUT2D eigenvalue weighted by Crippen LogP contribution is 2.33. The largest absolute Gasteiger partial charge is 0.443 e. The molecule has 4 rings (SSSR count). The van der Waals surface area contributed by atoms with E-state index in [1.807, 2.05) is 32.9 Å². The number of quaternary nitrogens is 1. The second-order valence-electron chi connectivity index (χ2n) is 10.6. The number of urea groups is 1. The summed E-state index contributed by atoms with van der Waals surface area (Å²) in [5.41, 5.74) is 2.39. The third-order valence-electron chi connectivity index (χ3n) is 6.81. The SMILES string of the molecule is CC(C)(C)OC(=O)N(C(=O)N1CCNCC1)c1ccc([N+]2(Cc3ccccc3)CCCCC2)cc1. The fourth-order valence-electron chi connectivity index (χ4n) is 5.08. The van der Waals surface area contributed by atoms with E-state index < -0.39 is 11.7 Å². The monoisotopic (exact) mass is 479 g/mol. The van der Waals surface area contributed by atoms with Crippen molar-refractivity contribution in [3.63, 3.8) is 0 Å². The van der Waals surface area contributed by atoms with E-state index in [1.165, 1.54) is 35.4 Å². The van der Waals surface area contributed by atoms with E-state index in [-0.39, 0.29) is 6.03 Å². The minimum absolute atomic E-state index is 0.334. The molecule has 2 heterocycles. The van der Waals surface area contributed by atoms with Crippen molar-refractivity contribution in [2.45, 2.75) is 52.2 Å². The van der Waals surface area contributed by atoms with Crippen LogP contribution in [-0.4, -0.2) is 61.9 Å². The van der Waals surface area contributed by atoms with Gasteiger partial charge in [-0.25, -0.2) is 9.59 Å². The van der Waals surface area contributed by atoms with E-state index in [0.717, 1.165) is 24.1 Å². The average molecular weight is 480 g/mol. The molecule has 0 saturated carbocycles. The van der Waals surface area contributed by atoms with Crippen molar-refractivity contribution in [3.8, 4) is 0 Å². The standard InChI is InChI=1S/C28H39N4O3/c1-28(2,3)35-27(34)31(26(33)30-18-16-29-17-19-30)24-12-14-25(15-13-24)32(20-8-5-9-21-32)22-23-10-6-4-7-11-23/h4,6-7,10-15,29H,5,8-9,16-22H2,1-3H3/q+1. The predicted molar refractivity (Wildman–Crippen MR) is 141 cm³/mol. The number of benzene rings is 2. The van der Waals surface area contributed by atoms with Crippen LogP contribution in [0.3, 0.4) is 0 Å². The Morgan fingerprint density at radius 2 is 1.57 bits per heavy atom. The van der Waals surface area contributed by atoms with E-state index in [4.69, 9.17) is 4.74 Å². The van der Waals surface area contributed by atoms with Gasteiger partial charge in [-0.1, -0.05) is 30.3 Å². The van der Waals surface area contributed by atoms with Gasteiger partial charge in [0.2, 0.25) is 0 Å². The Morgan fingerprint density at radius 3 is 2.17 bits per heavy atom. The molecule has 2 saturated heterocycles. The van der Waals surface area contributed by atoms with Gasteiger partial charge in [-0.05, 0) is 52.2 Å². The third kappa shape index (κ3) is 6.21. The van der Waals surface area contributed by atoms with Crippen LogP contribution >= 0.6 is 0 Å². The van der Waals surface area contributed by atoms with Crippen molar-refractivity contribution in [3.05, 3.63) is 60.2 Å². The topological polar surface area (TPSA) is 61.9 Å². The van der Waals surface area contributed by atoms with Crippen LogP contribution in [-0.2, 0) is 11.3 Å². The van der Waals surface area contributed by atoms with Gasteiger partial charge in [-0.15, -0.1) is 0 Å². The molecule has 2 aliphatic heterocycles. The number of likely N-dealkylation sites (tertiary alicyclic amines) is 1. The maximum atomic E-state index is 13.4. The quantitative estimate of drug-likeness (QED) is 0.617. The lowest BCUT2D eigenvalue weighted by atomic mass is 10.0. The smallest absolute Gasteiger partial charge is 0.423 e. The maximum absolute atomic E-state index is 13.4. The Labute approximate surface area is 209 Å². The predicted octanol–water partition coefficient (Wildman–Crippen LogP) is 5.14. The van der Waals surface area contributed by atoms with Gasteiger partial charge in [0.15, 0.2) is 0 Å². The molecule has 3 amide bonds. The summed E-state index contributed by atoms with van der Waals surface area (Å²) in [5.74, 6) is 0. The van der Waals surface area contributed by atoms with E-state index in [9.17, 15) is 9.59 Å². The number of anilines is 1. The molecule has 1 N–H and O–H groups in total. The van der Waals surface area contributed by atoms with Gasteiger partial charge in [0.05, 0.1) is 18.8 Å². The summed E-state index contributed by atoms with van der Waals surface area (Å²) >= 11 is 0. The molecule has 7 heteroatoms. The van der Waals surface area contributed by atoms with Gasteiger partial charge in [-0.3, -0.25) is 4.48 Å². The zero-order valence-corrected chi connectivity index (χ0v) is 21.3. The van der Waals surface area contributed by atoms with Crippen molar-refractivity contribution in [1.82, 2.24) is 14.7 Å². The second kappa shape index (κ2) is 10.8. The summed E-state index contributed by atoms with van der Waals surface area (Å²) in [7, 11) is 0. The summed E-state index contributed by atoms with van der Waals surface area (Å²) < 4.78 is 6.52. The molecular formula is C28H39N4O3+. The van der Waals surface area contributed by atoms with Crippen LogP contribution in [0.25, 0.3) is 0 Å². The van der Waals surface area contributed by atoms with Crippen LogP contribution in [0.4, 0.5) is 21.0 Å². The number of amides is 3. The molecule has 0 radical (unpaired) electrons. The highest BCUT2D eigenvalue weighted by molar-refractivity contribution is 6.11. The Bertz CT molecular complexity index is 989. The number of nitrogens with zero attached hydrogens (tertiary/aromatic N) is 3. The lowest BCUT2D eigenvalue weighted by Gasteiger charge is -2.41. The van der Waals surface area contributed by atoms with Gasteiger partial charge in [-0.2, -0.15) is 4.90 Å². The van der Waals surface area contributed by atoms with Crippen molar-refractivity contribution < 1.29 is 14.3 Å². The van der Waals surface area contributed by atoms with Crippen LogP contribution in [0, 0.1) is 0 Å². The summed E-state index contributed by atoms with van der Waals surface area (Å²) in [4.78, 5) is 29.5. The summed E-state index contributed by atoms with van der Waals surface area (Å²) in [6, 6.07) is 18.3. The second-order valence-corrected chi connectivity index (χ2v) is 10.6. The van der Waals surface area contributed by atoms with E-state index in [1.54, 1.807) is 4.90 Å². The van der Waals surface area contributed by atoms with Crippen LogP contribution in [0.1, 0.15) is 45.6 Å². The molecule has 7 nitrogen and oxygen atoms in total. The molecular weight excluding hydrogens is 440 g/mol. The van der Waals surface area contributed by atoms with E-state index in [0.29, 0.717) is 31.9 Å². The minimum atomic E-state index is -0.697. The van der Waals surface area contributed by atoms with Gasteiger partial charge in [0.1, 0.15) is 17.8 Å². The first-order valence-electron chi connectivity index (χ1n) is 12.8. The Morgan fingerprint density at radius 1 is 0.943 bits per heavy atom. The molecule has 35 heavy (non-hydrogen) atoms. The number of ether oxygens (including phenoxy) is 1. The van der Waals surface area contributed by atoms with Gasteiger partial charge in [0, 0.05) is 43.9 Å². The number of carbonyl (C=O) groups is 2. The number of piperidine rings is 1. The molecule has 0 aliphatic carbocycles. The van der Waals surface area contributed by atoms with Crippen LogP contribution in [0.15, 0.2) is 54.6 Å². The minimum Gasteiger partial charge on any atom is -0.443 e. The molecule has 0 spiro atoms. The molecule has 2 aromatic rings. The van der Waals surface area contributed by atoms with Crippen molar-refractivity contribution in [2.75, 3.05) is 44.2 Å². The van der Waals surface area contributed by atoms with Gasteiger partial charge >= 0.3 is 12.1 Å². The molecule has 0 bridgehead atoms. The maximum Gasteiger partial charge on any atom is 0.423 e. The zero-order valence-electron chi connectivity index (χ0n) is 21.3. The summed E-state index contributed by atoms with van der Waals surface area (Å²) in [6.45, 7) is 11.1. The molecule has 0 unspecified atom stereocenters. The van der Waals surface area contributed by atoms with Crippen molar-refractivity contribution >= 4 is 23.5 Å². The highest BCUT2D eigenvalue weighted by Gasteiger charge is 2.35. The number of rotatable bonds is 4. The Kier molecular flexibility index (Phi) is 7.77. The average Bonchev–Trinajstić information content (AvgIpc) is 2.85. The number of nitrogens with one attached hydrogen (secondary N) is 1. The van der Waals surface area contributed by atoms with Crippen LogP contribution in [0.5, 0.6) is 0 Å². The molecule has 2 aromatic carbocycles. The fourth-order valence-corrected chi connectivity index (χ4v) is 5.08. The van der Waals surface area contributed by atoms with Gasteiger partial charge in [0.25, 0.3) is 0 Å². The fraction of sp³-hybridized carbons (Fsp3) is 0.500. The molecule has 188 valence electrons. The highest BCUT2D eigenvalue weighted by atomic mass is 16.6. The lowest BCUT2D eigenvalue weighted by Crippen LogP contribution is -2.54. The van der Waals surface area contributed by atoms with Crippen LogP contribution in [0.2, 0.25) is 0 Å². The number of hydrogen-bond acceptors (Lipinski definition) is 4. The first-order chi connectivity index (χ1) is 16.8. The van der Waals surface area contributed by atoms with E-state index in [2.05, 4.69) is 47.8 Å². The molecule has 2 fully saturated rings. The lowest BCUT2D eigenvalue weighted by molar-refractivity contribution is 0.0583. The number of hydrogen-bond donors (Lipinski definition) is 1.